The largest absolute Gasteiger partial charge is 0.351 e. The third-order valence-electron chi connectivity index (χ3n) is 2.17. The van der Waals surface area contributed by atoms with E-state index in [4.69, 9.17) is 15.3 Å². The molecule has 0 saturated heterocycles. The van der Waals surface area contributed by atoms with Crippen LogP contribution in [-0.2, 0) is 16.5 Å². The molecule has 0 radical (unpaired) electrons. The maximum absolute atomic E-state index is 5.52. The Morgan fingerprint density at radius 2 is 2.06 bits per heavy atom. The Hall–Kier alpha value is -0.950. The molecular weight excluding hydrogens is 208 g/mol. The first kappa shape index (κ1) is 13.1. The number of aryl methyl sites for hydroxylation is 1. The van der Waals surface area contributed by atoms with Crippen molar-refractivity contribution in [3.63, 3.8) is 0 Å². The SMILES string of the molecule is CCOC(OCC)C(NN)c1ccn(C)n1. The molecule has 0 aliphatic carbocycles. The summed E-state index contributed by atoms with van der Waals surface area (Å²) < 4.78 is 12.7. The molecule has 1 rings (SSSR count). The number of rotatable bonds is 7. The summed E-state index contributed by atoms with van der Waals surface area (Å²) in [7, 11) is 1.85. The minimum absolute atomic E-state index is 0.263. The molecule has 16 heavy (non-hydrogen) atoms. The molecule has 1 aromatic heterocycles. The van der Waals surface area contributed by atoms with Crippen LogP contribution in [0, 0.1) is 0 Å². The second-order valence-electron chi connectivity index (χ2n) is 3.34. The third-order valence-corrected chi connectivity index (χ3v) is 2.17. The predicted octanol–water partition coefficient (Wildman–Crippen LogP) is 0.324. The zero-order chi connectivity index (χ0) is 12.0. The molecule has 3 N–H and O–H groups in total. The lowest BCUT2D eigenvalue weighted by atomic mass is 10.2. The third kappa shape index (κ3) is 3.28. The molecule has 1 atom stereocenters. The van der Waals surface area contributed by atoms with Gasteiger partial charge in [-0.05, 0) is 19.9 Å². The van der Waals surface area contributed by atoms with Gasteiger partial charge in [0.2, 0.25) is 0 Å². The van der Waals surface area contributed by atoms with Gasteiger partial charge in [0.1, 0.15) is 6.04 Å². The fourth-order valence-corrected chi connectivity index (χ4v) is 1.47. The minimum Gasteiger partial charge on any atom is -0.351 e. The van der Waals surface area contributed by atoms with Gasteiger partial charge in [0.05, 0.1) is 5.69 Å². The van der Waals surface area contributed by atoms with E-state index >= 15 is 0 Å². The van der Waals surface area contributed by atoms with Gasteiger partial charge in [-0.1, -0.05) is 0 Å². The van der Waals surface area contributed by atoms with Crippen molar-refractivity contribution in [2.45, 2.75) is 26.2 Å². The van der Waals surface area contributed by atoms with Gasteiger partial charge in [0.25, 0.3) is 0 Å². The van der Waals surface area contributed by atoms with E-state index in [1.54, 1.807) is 4.68 Å². The Kier molecular flexibility index (Phi) is 5.41. The molecule has 0 aliphatic heterocycles. The van der Waals surface area contributed by atoms with Crippen molar-refractivity contribution in [2.75, 3.05) is 13.2 Å². The van der Waals surface area contributed by atoms with E-state index in [0.29, 0.717) is 13.2 Å². The fraction of sp³-hybridized carbons (Fsp3) is 0.700. The number of nitrogens with one attached hydrogen (secondary N) is 1. The van der Waals surface area contributed by atoms with E-state index in [9.17, 15) is 0 Å². The van der Waals surface area contributed by atoms with Gasteiger partial charge in [-0.3, -0.25) is 10.5 Å². The maximum Gasteiger partial charge on any atom is 0.179 e. The van der Waals surface area contributed by atoms with Gasteiger partial charge in [0, 0.05) is 26.5 Å². The average molecular weight is 228 g/mol. The van der Waals surface area contributed by atoms with Crippen molar-refractivity contribution < 1.29 is 9.47 Å². The summed E-state index contributed by atoms with van der Waals surface area (Å²) >= 11 is 0. The summed E-state index contributed by atoms with van der Waals surface area (Å²) in [5.74, 6) is 5.52. The smallest absolute Gasteiger partial charge is 0.179 e. The quantitative estimate of drug-likeness (QED) is 0.399. The van der Waals surface area contributed by atoms with Gasteiger partial charge in [-0.2, -0.15) is 5.10 Å². The number of nitrogens with zero attached hydrogens (tertiary/aromatic N) is 2. The van der Waals surface area contributed by atoms with Crippen LogP contribution >= 0.6 is 0 Å². The molecule has 0 bridgehead atoms. The van der Waals surface area contributed by atoms with Crippen molar-refractivity contribution in [1.29, 1.82) is 0 Å². The highest BCUT2D eigenvalue weighted by Gasteiger charge is 2.24. The highest BCUT2D eigenvalue weighted by atomic mass is 16.7. The molecule has 0 aromatic carbocycles. The number of aromatic nitrogens is 2. The number of hydrazine groups is 1. The van der Waals surface area contributed by atoms with Crippen LogP contribution in [0.25, 0.3) is 0 Å². The van der Waals surface area contributed by atoms with Crippen molar-refractivity contribution in [2.24, 2.45) is 12.9 Å². The monoisotopic (exact) mass is 228 g/mol. The Balaban J connectivity index is 2.76. The Morgan fingerprint density at radius 3 is 2.44 bits per heavy atom. The van der Waals surface area contributed by atoms with Crippen LogP contribution in [0.5, 0.6) is 0 Å². The summed E-state index contributed by atoms with van der Waals surface area (Å²) in [6.07, 6.45) is 1.43. The van der Waals surface area contributed by atoms with E-state index in [-0.39, 0.29) is 6.04 Å². The molecule has 92 valence electrons. The molecule has 6 nitrogen and oxygen atoms in total. The van der Waals surface area contributed by atoms with Gasteiger partial charge in [0.15, 0.2) is 6.29 Å². The minimum atomic E-state index is -0.421. The van der Waals surface area contributed by atoms with E-state index in [1.165, 1.54) is 0 Å². The van der Waals surface area contributed by atoms with Crippen LogP contribution in [0.4, 0.5) is 0 Å². The zero-order valence-electron chi connectivity index (χ0n) is 10.0. The van der Waals surface area contributed by atoms with E-state index in [1.807, 2.05) is 33.2 Å². The molecule has 0 spiro atoms. The molecule has 1 aromatic rings. The number of hydrogen-bond donors (Lipinski definition) is 2. The first-order valence-electron chi connectivity index (χ1n) is 5.41. The number of ether oxygens (including phenoxy) is 2. The van der Waals surface area contributed by atoms with Crippen LogP contribution in [0.15, 0.2) is 12.3 Å². The predicted molar refractivity (Wildman–Crippen MR) is 60.3 cm³/mol. The van der Waals surface area contributed by atoms with E-state index in [2.05, 4.69) is 10.5 Å². The van der Waals surface area contributed by atoms with Crippen LogP contribution in [0.1, 0.15) is 25.6 Å². The van der Waals surface area contributed by atoms with Crippen molar-refractivity contribution in [1.82, 2.24) is 15.2 Å². The van der Waals surface area contributed by atoms with Gasteiger partial charge < -0.3 is 9.47 Å². The fourth-order valence-electron chi connectivity index (χ4n) is 1.47. The first-order valence-corrected chi connectivity index (χ1v) is 5.41. The van der Waals surface area contributed by atoms with Gasteiger partial charge in [-0.25, -0.2) is 5.43 Å². The topological polar surface area (TPSA) is 74.3 Å². The molecule has 0 aliphatic rings. The summed E-state index contributed by atoms with van der Waals surface area (Å²) in [4.78, 5) is 0. The van der Waals surface area contributed by atoms with Crippen molar-refractivity contribution in [3.8, 4) is 0 Å². The molecule has 0 amide bonds. The van der Waals surface area contributed by atoms with Crippen molar-refractivity contribution in [3.05, 3.63) is 18.0 Å². The summed E-state index contributed by atoms with van der Waals surface area (Å²) in [5, 5.41) is 4.28. The van der Waals surface area contributed by atoms with Crippen LogP contribution in [0.2, 0.25) is 0 Å². The maximum atomic E-state index is 5.52. The van der Waals surface area contributed by atoms with E-state index in [0.717, 1.165) is 5.69 Å². The van der Waals surface area contributed by atoms with Gasteiger partial charge in [-0.15, -0.1) is 0 Å². The summed E-state index contributed by atoms with van der Waals surface area (Å²) in [5.41, 5.74) is 3.48. The van der Waals surface area contributed by atoms with Crippen LogP contribution < -0.4 is 11.3 Å². The molecule has 0 fully saturated rings. The zero-order valence-corrected chi connectivity index (χ0v) is 10.0. The lowest BCUT2D eigenvalue weighted by Gasteiger charge is -2.24. The number of hydrogen-bond acceptors (Lipinski definition) is 5. The normalized spacial score (nSPS) is 13.3. The number of nitrogens with two attached hydrogens (primary N) is 1. The Bertz CT molecular complexity index is 297. The molecule has 1 unspecified atom stereocenters. The highest BCUT2D eigenvalue weighted by Crippen LogP contribution is 2.17. The standard InChI is InChI=1S/C10H20N4O2/c1-4-15-10(16-5-2)9(12-11)8-6-7-14(3)13-8/h6-7,9-10,12H,4-5,11H2,1-3H3. The second kappa shape index (κ2) is 6.59. The molecular formula is C10H20N4O2. The second-order valence-corrected chi connectivity index (χ2v) is 3.34. The molecule has 0 saturated carbocycles. The van der Waals surface area contributed by atoms with Crippen molar-refractivity contribution >= 4 is 0 Å². The van der Waals surface area contributed by atoms with Crippen LogP contribution in [-0.4, -0.2) is 29.3 Å². The van der Waals surface area contributed by atoms with Crippen LogP contribution in [0.3, 0.4) is 0 Å². The lowest BCUT2D eigenvalue weighted by Crippen LogP contribution is -2.40. The lowest BCUT2D eigenvalue weighted by molar-refractivity contribution is -0.156. The summed E-state index contributed by atoms with van der Waals surface area (Å²) in [6, 6.07) is 1.62. The first-order chi connectivity index (χ1) is 7.72. The average Bonchev–Trinajstić information content (AvgIpc) is 2.67. The Labute approximate surface area is 95.7 Å². The summed E-state index contributed by atoms with van der Waals surface area (Å²) in [6.45, 7) is 4.96. The Morgan fingerprint density at radius 1 is 1.44 bits per heavy atom. The van der Waals surface area contributed by atoms with E-state index < -0.39 is 6.29 Å². The highest BCUT2D eigenvalue weighted by molar-refractivity contribution is 5.06. The molecule has 6 heteroatoms. The van der Waals surface area contributed by atoms with Gasteiger partial charge >= 0.3 is 0 Å². The molecule has 1 heterocycles.